The molecule has 5 heteroatoms. The lowest BCUT2D eigenvalue weighted by atomic mass is 10.1. The Kier molecular flexibility index (Phi) is 2.29. The molecular formula is C10H7FN2O2. The summed E-state index contributed by atoms with van der Waals surface area (Å²) in [4.78, 5) is 19.1. The van der Waals surface area contributed by atoms with Gasteiger partial charge in [-0.1, -0.05) is 0 Å². The van der Waals surface area contributed by atoms with Gasteiger partial charge < -0.3 is 4.42 Å². The monoisotopic (exact) mass is 206 g/mol. The molecule has 4 nitrogen and oxygen atoms in total. The number of carbonyl (C=O) groups excluding carboxylic acids is 1. The Morgan fingerprint density at radius 2 is 2.27 bits per heavy atom. The van der Waals surface area contributed by atoms with E-state index in [9.17, 15) is 9.18 Å². The van der Waals surface area contributed by atoms with E-state index in [2.05, 4.69) is 9.97 Å². The highest BCUT2D eigenvalue weighted by Crippen LogP contribution is 2.09. The lowest BCUT2D eigenvalue weighted by molar-refractivity contribution is 0.103. The van der Waals surface area contributed by atoms with Crippen LogP contribution in [0.5, 0.6) is 0 Å². The number of carbonyl (C=O) groups is 1. The Hall–Kier alpha value is -2.04. The number of pyridine rings is 1. The number of ketones is 1. The van der Waals surface area contributed by atoms with Crippen molar-refractivity contribution < 1.29 is 13.6 Å². The van der Waals surface area contributed by atoms with Gasteiger partial charge in [0.15, 0.2) is 5.89 Å². The van der Waals surface area contributed by atoms with Crippen molar-refractivity contribution in [3.63, 3.8) is 0 Å². The first-order chi connectivity index (χ1) is 7.16. The van der Waals surface area contributed by atoms with E-state index in [0.29, 0.717) is 5.89 Å². The summed E-state index contributed by atoms with van der Waals surface area (Å²) in [5, 5.41) is 0. The fourth-order valence-electron chi connectivity index (χ4n) is 1.15. The number of halogens is 1. The van der Waals surface area contributed by atoms with Crippen LogP contribution >= 0.6 is 0 Å². The summed E-state index contributed by atoms with van der Waals surface area (Å²) in [6.45, 7) is 1.63. The summed E-state index contributed by atoms with van der Waals surface area (Å²) in [7, 11) is 0. The molecule has 0 aromatic carbocycles. The van der Waals surface area contributed by atoms with Crippen LogP contribution in [0.1, 0.15) is 21.9 Å². The molecule has 0 aliphatic heterocycles. The number of aromatic nitrogens is 2. The number of rotatable bonds is 2. The van der Waals surface area contributed by atoms with Crippen LogP contribution in [0, 0.1) is 12.7 Å². The van der Waals surface area contributed by atoms with E-state index in [1.165, 1.54) is 12.5 Å². The molecule has 0 bridgehead atoms. The molecule has 76 valence electrons. The van der Waals surface area contributed by atoms with E-state index in [-0.39, 0.29) is 11.3 Å². The van der Waals surface area contributed by atoms with Gasteiger partial charge in [-0.3, -0.25) is 9.78 Å². The van der Waals surface area contributed by atoms with Gasteiger partial charge in [0.25, 0.3) is 0 Å². The predicted octanol–water partition coefficient (Wildman–Crippen LogP) is 1.75. The maximum atomic E-state index is 12.8. The summed E-state index contributed by atoms with van der Waals surface area (Å²) in [5.74, 6) is -0.567. The van der Waals surface area contributed by atoms with E-state index in [1.807, 2.05) is 0 Å². The van der Waals surface area contributed by atoms with Crippen LogP contribution in [0.4, 0.5) is 4.39 Å². The molecule has 15 heavy (non-hydrogen) atoms. The predicted molar refractivity (Wildman–Crippen MR) is 48.9 cm³/mol. The fourth-order valence-corrected chi connectivity index (χ4v) is 1.15. The van der Waals surface area contributed by atoms with Gasteiger partial charge >= 0.3 is 0 Å². The Morgan fingerprint density at radius 1 is 1.47 bits per heavy atom. The molecule has 0 saturated carbocycles. The molecule has 2 aromatic heterocycles. The van der Waals surface area contributed by atoms with Crippen molar-refractivity contribution in [1.82, 2.24) is 9.97 Å². The molecule has 0 atom stereocenters. The van der Waals surface area contributed by atoms with Crippen LogP contribution in [0.2, 0.25) is 0 Å². The molecule has 2 rings (SSSR count). The minimum atomic E-state index is -0.555. The SMILES string of the molecule is Cc1nc(C(=O)c2cncc(F)c2)co1. The summed E-state index contributed by atoms with van der Waals surface area (Å²) < 4.78 is 17.7. The number of hydrogen-bond donors (Lipinski definition) is 0. The lowest BCUT2D eigenvalue weighted by Crippen LogP contribution is -2.02. The van der Waals surface area contributed by atoms with E-state index < -0.39 is 11.6 Å². The third-order valence-corrected chi connectivity index (χ3v) is 1.82. The Morgan fingerprint density at radius 3 is 2.87 bits per heavy atom. The molecule has 0 unspecified atom stereocenters. The zero-order valence-corrected chi connectivity index (χ0v) is 7.90. The standard InChI is InChI=1S/C10H7FN2O2/c1-6-13-9(5-15-6)10(14)7-2-8(11)4-12-3-7/h2-5H,1H3. The maximum Gasteiger partial charge on any atom is 0.216 e. The second-order valence-corrected chi connectivity index (χ2v) is 2.97. The second-order valence-electron chi connectivity index (χ2n) is 2.97. The summed E-state index contributed by atoms with van der Waals surface area (Å²) in [6.07, 6.45) is 3.56. The largest absolute Gasteiger partial charge is 0.449 e. The molecule has 0 spiro atoms. The van der Waals surface area contributed by atoms with E-state index >= 15 is 0 Å². The average Bonchev–Trinajstić information content (AvgIpc) is 2.64. The van der Waals surface area contributed by atoms with Gasteiger partial charge in [0.05, 0.1) is 6.20 Å². The highest BCUT2D eigenvalue weighted by atomic mass is 19.1. The van der Waals surface area contributed by atoms with Crippen LogP contribution in [-0.2, 0) is 0 Å². The van der Waals surface area contributed by atoms with Gasteiger partial charge in [0, 0.05) is 18.7 Å². The summed E-state index contributed by atoms with van der Waals surface area (Å²) >= 11 is 0. The number of aryl methyl sites for hydroxylation is 1. The molecular weight excluding hydrogens is 199 g/mol. The number of oxazole rings is 1. The first-order valence-corrected chi connectivity index (χ1v) is 4.24. The minimum absolute atomic E-state index is 0.153. The smallest absolute Gasteiger partial charge is 0.216 e. The van der Waals surface area contributed by atoms with Crippen molar-refractivity contribution in [1.29, 1.82) is 0 Å². The van der Waals surface area contributed by atoms with Crippen molar-refractivity contribution >= 4 is 5.78 Å². The fraction of sp³-hybridized carbons (Fsp3) is 0.100. The van der Waals surface area contributed by atoms with E-state index in [0.717, 1.165) is 12.3 Å². The molecule has 0 N–H and O–H groups in total. The van der Waals surface area contributed by atoms with Gasteiger partial charge in [-0.2, -0.15) is 0 Å². The first-order valence-electron chi connectivity index (χ1n) is 4.24. The number of nitrogens with zero attached hydrogens (tertiary/aromatic N) is 2. The normalized spacial score (nSPS) is 10.3. The van der Waals surface area contributed by atoms with Gasteiger partial charge in [0.1, 0.15) is 17.8 Å². The van der Waals surface area contributed by atoms with E-state index in [1.54, 1.807) is 6.92 Å². The van der Waals surface area contributed by atoms with Gasteiger partial charge in [-0.25, -0.2) is 9.37 Å². The second kappa shape index (κ2) is 3.61. The molecule has 0 amide bonds. The van der Waals surface area contributed by atoms with Crippen molar-refractivity contribution in [2.75, 3.05) is 0 Å². The Balaban J connectivity index is 2.36. The molecule has 0 radical (unpaired) electrons. The number of hydrogen-bond acceptors (Lipinski definition) is 4. The minimum Gasteiger partial charge on any atom is -0.449 e. The van der Waals surface area contributed by atoms with Crippen molar-refractivity contribution in [2.45, 2.75) is 6.92 Å². The van der Waals surface area contributed by atoms with Crippen LogP contribution < -0.4 is 0 Å². The maximum absolute atomic E-state index is 12.8. The summed E-state index contributed by atoms with van der Waals surface area (Å²) in [6, 6.07) is 1.11. The Bertz CT molecular complexity index is 508. The van der Waals surface area contributed by atoms with Crippen molar-refractivity contribution in [3.8, 4) is 0 Å². The molecule has 0 fully saturated rings. The van der Waals surface area contributed by atoms with Gasteiger partial charge in [0.2, 0.25) is 5.78 Å². The highest BCUT2D eigenvalue weighted by Gasteiger charge is 2.13. The zero-order chi connectivity index (χ0) is 10.8. The van der Waals surface area contributed by atoms with Crippen molar-refractivity contribution in [2.24, 2.45) is 0 Å². The average molecular weight is 206 g/mol. The molecule has 2 aromatic rings. The highest BCUT2D eigenvalue weighted by molar-refractivity contribution is 6.07. The topological polar surface area (TPSA) is 56.0 Å². The lowest BCUT2D eigenvalue weighted by Gasteiger charge is -1.95. The van der Waals surface area contributed by atoms with Crippen LogP contribution in [0.3, 0.4) is 0 Å². The van der Waals surface area contributed by atoms with E-state index in [4.69, 9.17) is 4.42 Å². The third kappa shape index (κ3) is 1.90. The Labute approximate surface area is 84.8 Å². The third-order valence-electron chi connectivity index (χ3n) is 1.82. The quantitative estimate of drug-likeness (QED) is 0.702. The molecule has 0 aliphatic rings. The van der Waals surface area contributed by atoms with Gasteiger partial charge in [-0.15, -0.1) is 0 Å². The van der Waals surface area contributed by atoms with Gasteiger partial charge in [-0.05, 0) is 6.07 Å². The first kappa shape index (κ1) is 9.51. The molecule has 2 heterocycles. The van der Waals surface area contributed by atoms with Crippen LogP contribution in [0.25, 0.3) is 0 Å². The van der Waals surface area contributed by atoms with Crippen LogP contribution in [-0.4, -0.2) is 15.8 Å². The molecule has 0 saturated heterocycles. The summed E-state index contributed by atoms with van der Waals surface area (Å²) in [5.41, 5.74) is 0.309. The van der Waals surface area contributed by atoms with Crippen LogP contribution in [0.15, 0.2) is 29.1 Å². The molecule has 0 aliphatic carbocycles. The zero-order valence-electron chi connectivity index (χ0n) is 7.90. The van der Waals surface area contributed by atoms with Crippen molar-refractivity contribution in [3.05, 3.63) is 47.7 Å².